The van der Waals surface area contributed by atoms with Gasteiger partial charge in [-0.25, -0.2) is 0 Å². The molecule has 0 spiro atoms. The van der Waals surface area contributed by atoms with Crippen LogP contribution in [0.25, 0.3) is 0 Å². The van der Waals surface area contributed by atoms with Crippen LogP contribution in [-0.4, -0.2) is 24.2 Å². The molecule has 0 heterocycles. The number of nitrogens with one attached hydrogen (secondary N) is 1. The highest BCUT2D eigenvalue weighted by molar-refractivity contribution is 8.00. The van der Waals surface area contributed by atoms with Crippen LogP contribution >= 0.6 is 35.0 Å². The molecule has 0 saturated carbocycles. The highest BCUT2D eigenvalue weighted by atomic mass is 35.5. The Morgan fingerprint density at radius 2 is 1.92 bits per heavy atom. The molecule has 0 unspecified atom stereocenters. The molecule has 2 rings (SSSR count). The monoisotopic (exact) mass is 383 g/mol. The molecule has 2 aromatic rings. The van der Waals surface area contributed by atoms with Gasteiger partial charge in [-0.1, -0.05) is 41.4 Å². The summed E-state index contributed by atoms with van der Waals surface area (Å²) in [5.41, 5.74) is 1.46. The molecule has 126 valence electrons. The molecule has 24 heavy (non-hydrogen) atoms. The van der Waals surface area contributed by atoms with Gasteiger partial charge in [-0.3, -0.25) is 9.59 Å². The molecule has 7 heteroatoms. The molecule has 0 aliphatic rings. The fraction of sp³-hybridized carbons (Fsp3) is 0.176. The van der Waals surface area contributed by atoms with E-state index in [0.29, 0.717) is 15.7 Å². The van der Waals surface area contributed by atoms with Gasteiger partial charge in [0.1, 0.15) is 0 Å². The lowest BCUT2D eigenvalue weighted by atomic mass is 10.2. The van der Waals surface area contributed by atoms with Crippen molar-refractivity contribution in [2.45, 2.75) is 11.8 Å². The number of benzene rings is 2. The van der Waals surface area contributed by atoms with E-state index in [1.54, 1.807) is 12.1 Å². The van der Waals surface area contributed by atoms with Gasteiger partial charge >= 0.3 is 5.97 Å². The Bertz CT molecular complexity index is 752. The number of thioether (sulfide) groups is 1. The van der Waals surface area contributed by atoms with E-state index in [-0.39, 0.29) is 12.4 Å². The fourth-order valence-corrected chi connectivity index (χ4v) is 2.99. The number of ether oxygens (including phenoxy) is 1. The maximum absolute atomic E-state index is 11.8. The second-order valence-corrected chi connectivity index (χ2v) is 6.75. The van der Waals surface area contributed by atoms with Gasteiger partial charge < -0.3 is 10.1 Å². The SMILES string of the molecule is Cc1ccccc1SCC(=O)OCC(=O)Nc1cc(Cl)ccc1Cl. The molecule has 0 fully saturated rings. The largest absolute Gasteiger partial charge is 0.455 e. The van der Waals surface area contributed by atoms with E-state index >= 15 is 0 Å². The van der Waals surface area contributed by atoms with Crippen molar-refractivity contribution in [2.75, 3.05) is 17.7 Å². The van der Waals surface area contributed by atoms with Gasteiger partial charge in [0, 0.05) is 9.92 Å². The minimum absolute atomic E-state index is 0.135. The Morgan fingerprint density at radius 1 is 1.17 bits per heavy atom. The van der Waals surface area contributed by atoms with Crippen molar-refractivity contribution in [3.05, 3.63) is 58.1 Å². The molecular formula is C17H15Cl2NO3S. The average molecular weight is 384 g/mol. The first-order chi connectivity index (χ1) is 11.5. The van der Waals surface area contributed by atoms with Crippen molar-refractivity contribution >= 4 is 52.5 Å². The van der Waals surface area contributed by atoms with Gasteiger partial charge in [0.25, 0.3) is 5.91 Å². The van der Waals surface area contributed by atoms with Crippen LogP contribution in [0.5, 0.6) is 0 Å². The summed E-state index contributed by atoms with van der Waals surface area (Å²) in [4.78, 5) is 24.6. The van der Waals surface area contributed by atoms with Crippen molar-refractivity contribution in [1.29, 1.82) is 0 Å². The number of anilines is 1. The van der Waals surface area contributed by atoms with Gasteiger partial charge in [-0.2, -0.15) is 0 Å². The molecule has 0 radical (unpaired) electrons. The maximum atomic E-state index is 11.8. The third-order valence-corrected chi connectivity index (χ3v) is 4.72. The highest BCUT2D eigenvalue weighted by Gasteiger charge is 2.11. The smallest absolute Gasteiger partial charge is 0.316 e. The van der Waals surface area contributed by atoms with Crippen molar-refractivity contribution < 1.29 is 14.3 Å². The van der Waals surface area contributed by atoms with E-state index in [2.05, 4.69) is 5.32 Å². The van der Waals surface area contributed by atoms with E-state index in [1.807, 2.05) is 31.2 Å². The normalized spacial score (nSPS) is 10.3. The van der Waals surface area contributed by atoms with Crippen LogP contribution in [0.4, 0.5) is 5.69 Å². The van der Waals surface area contributed by atoms with E-state index in [1.165, 1.54) is 17.8 Å². The van der Waals surface area contributed by atoms with Crippen LogP contribution in [0, 0.1) is 6.92 Å². The summed E-state index contributed by atoms with van der Waals surface area (Å²) in [7, 11) is 0. The zero-order valence-corrected chi connectivity index (χ0v) is 15.2. The predicted molar refractivity (Wildman–Crippen MR) is 98.0 cm³/mol. The molecule has 4 nitrogen and oxygen atoms in total. The second kappa shape index (κ2) is 8.97. The standard InChI is InChI=1S/C17H15Cl2NO3S/c1-11-4-2-3-5-15(11)24-10-17(22)23-9-16(21)20-14-8-12(18)6-7-13(14)19/h2-8H,9-10H2,1H3,(H,20,21). The number of aryl methyl sites for hydroxylation is 1. The summed E-state index contributed by atoms with van der Waals surface area (Å²) in [6, 6.07) is 12.5. The average Bonchev–Trinajstić information content (AvgIpc) is 2.55. The minimum atomic E-state index is -0.478. The molecule has 2 aromatic carbocycles. The molecule has 0 atom stereocenters. The number of rotatable bonds is 6. The minimum Gasteiger partial charge on any atom is -0.455 e. The van der Waals surface area contributed by atoms with Gasteiger partial charge in [0.15, 0.2) is 6.61 Å². The van der Waals surface area contributed by atoms with E-state index < -0.39 is 11.9 Å². The molecular weight excluding hydrogens is 369 g/mol. The molecule has 1 N–H and O–H groups in total. The first-order valence-corrected chi connectivity index (χ1v) is 8.79. The topological polar surface area (TPSA) is 55.4 Å². The van der Waals surface area contributed by atoms with E-state index in [0.717, 1.165) is 10.5 Å². The van der Waals surface area contributed by atoms with E-state index in [4.69, 9.17) is 27.9 Å². The Morgan fingerprint density at radius 3 is 2.67 bits per heavy atom. The fourth-order valence-electron chi connectivity index (χ4n) is 1.82. The molecule has 0 aliphatic heterocycles. The van der Waals surface area contributed by atoms with Crippen molar-refractivity contribution in [1.82, 2.24) is 0 Å². The summed E-state index contributed by atoms with van der Waals surface area (Å²) >= 11 is 13.2. The molecule has 0 bridgehead atoms. The van der Waals surface area contributed by atoms with Crippen molar-refractivity contribution in [2.24, 2.45) is 0 Å². The van der Waals surface area contributed by atoms with Crippen LogP contribution in [0.2, 0.25) is 10.0 Å². The predicted octanol–water partition coefficient (Wildman–Crippen LogP) is 4.58. The zero-order chi connectivity index (χ0) is 17.5. The second-order valence-electron chi connectivity index (χ2n) is 4.89. The quantitative estimate of drug-likeness (QED) is 0.585. The third kappa shape index (κ3) is 5.74. The Hall–Kier alpha value is -1.69. The number of carbonyl (C=O) groups excluding carboxylic acids is 2. The molecule has 0 aliphatic carbocycles. The third-order valence-electron chi connectivity index (χ3n) is 3.01. The lowest BCUT2D eigenvalue weighted by Gasteiger charge is -2.09. The van der Waals surface area contributed by atoms with Gasteiger partial charge in [0.2, 0.25) is 0 Å². The number of amides is 1. The van der Waals surface area contributed by atoms with Crippen LogP contribution in [0.1, 0.15) is 5.56 Å². The summed E-state index contributed by atoms with van der Waals surface area (Å²) in [6.45, 7) is 1.59. The van der Waals surface area contributed by atoms with Crippen molar-refractivity contribution in [3.8, 4) is 0 Å². The number of esters is 1. The summed E-state index contributed by atoms with van der Waals surface area (Å²) in [5, 5.41) is 3.35. The number of hydrogen-bond donors (Lipinski definition) is 1. The Balaban J connectivity index is 1.78. The maximum Gasteiger partial charge on any atom is 0.316 e. The first-order valence-electron chi connectivity index (χ1n) is 7.04. The number of hydrogen-bond acceptors (Lipinski definition) is 4. The van der Waals surface area contributed by atoms with Gasteiger partial charge in [0.05, 0.1) is 16.5 Å². The van der Waals surface area contributed by atoms with Crippen LogP contribution in [0.15, 0.2) is 47.4 Å². The van der Waals surface area contributed by atoms with Crippen LogP contribution in [-0.2, 0) is 14.3 Å². The number of carbonyl (C=O) groups is 2. The van der Waals surface area contributed by atoms with Crippen molar-refractivity contribution in [3.63, 3.8) is 0 Å². The van der Waals surface area contributed by atoms with Crippen LogP contribution in [0.3, 0.4) is 0 Å². The lowest BCUT2D eigenvalue weighted by Crippen LogP contribution is -2.21. The Labute approximate surface area is 154 Å². The summed E-state index contributed by atoms with van der Waals surface area (Å²) in [6.07, 6.45) is 0. The van der Waals surface area contributed by atoms with Gasteiger partial charge in [-0.15, -0.1) is 11.8 Å². The summed E-state index contributed by atoms with van der Waals surface area (Å²) in [5.74, 6) is -0.806. The first kappa shape index (κ1) is 18.6. The Kier molecular flexibility index (Phi) is 6.97. The molecule has 1 amide bonds. The molecule has 0 saturated heterocycles. The zero-order valence-electron chi connectivity index (χ0n) is 12.8. The van der Waals surface area contributed by atoms with E-state index in [9.17, 15) is 9.59 Å². The molecule has 0 aromatic heterocycles. The van der Waals surface area contributed by atoms with Crippen LogP contribution < -0.4 is 5.32 Å². The number of halogens is 2. The lowest BCUT2D eigenvalue weighted by molar-refractivity contribution is -0.144. The van der Waals surface area contributed by atoms with Gasteiger partial charge in [-0.05, 0) is 36.8 Å². The summed E-state index contributed by atoms with van der Waals surface area (Å²) < 4.78 is 4.96. The highest BCUT2D eigenvalue weighted by Crippen LogP contribution is 2.25.